The molecule has 24 heavy (non-hydrogen) atoms. The summed E-state index contributed by atoms with van der Waals surface area (Å²) >= 11 is 6.04. The van der Waals surface area contributed by atoms with E-state index in [9.17, 15) is 5.11 Å². The Labute approximate surface area is 144 Å². The predicted molar refractivity (Wildman–Crippen MR) is 91.4 cm³/mol. The lowest BCUT2D eigenvalue weighted by molar-refractivity contribution is 0.281. The van der Waals surface area contributed by atoms with Crippen LogP contribution in [-0.2, 0) is 6.61 Å². The summed E-state index contributed by atoms with van der Waals surface area (Å²) in [5, 5.41) is 14.6. The highest BCUT2D eigenvalue weighted by Crippen LogP contribution is 2.41. The van der Waals surface area contributed by atoms with E-state index in [1.165, 1.54) is 0 Å². The Hall–Kier alpha value is -2.50. The van der Waals surface area contributed by atoms with Gasteiger partial charge in [-0.3, -0.25) is 0 Å². The molecule has 1 aromatic heterocycles. The van der Waals surface area contributed by atoms with Crippen LogP contribution < -0.4 is 9.47 Å². The summed E-state index contributed by atoms with van der Waals surface area (Å²) in [7, 11) is 3.12. The number of hydrogen-bond donors (Lipinski definition) is 1. The molecule has 0 atom stereocenters. The second-order valence-corrected chi connectivity index (χ2v) is 5.48. The van der Waals surface area contributed by atoms with Gasteiger partial charge >= 0.3 is 0 Å². The van der Waals surface area contributed by atoms with Crippen molar-refractivity contribution >= 4 is 11.6 Å². The van der Waals surface area contributed by atoms with Crippen LogP contribution in [0.1, 0.15) is 5.56 Å². The van der Waals surface area contributed by atoms with Crippen molar-refractivity contribution in [3.05, 3.63) is 53.1 Å². The fraction of sp³-hybridized carbons (Fsp3) is 0.167. The Bertz CT molecular complexity index is 860. The predicted octanol–water partition coefficient (Wildman–Crippen LogP) is 4.17. The summed E-state index contributed by atoms with van der Waals surface area (Å²) in [6.07, 6.45) is 0. The molecule has 124 valence electrons. The van der Waals surface area contributed by atoms with Crippen LogP contribution in [0.4, 0.5) is 0 Å². The lowest BCUT2D eigenvalue weighted by Crippen LogP contribution is -1.95. The molecule has 3 aromatic rings. The number of para-hydroxylation sites is 1. The van der Waals surface area contributed by atoms with E-state index >= 15 is 0 Å². The quantitative estimate of drug-likeness (QED) is 0.751. The van der Waals surface area contributed by atoms with Crippen LogP contribution >= 0.6 is 11.6 Å². The molecule has 0 saturated heterocycles. The number of benzene rings is 2. The Morgan fingerprint density at radius 3 is 2.58 bits per heavy atom. The summed E-state index contributed by atoms with van der Waals surface area (Å²) in [5.74, 6) is 1.58. The second-order valence-electron chi connectivity index (χ2n) is 5.05. The van der Waals surface area contributed by atoms with E-state index in [0.717, 1.165) is 5.56 Å². The molecule has 0 aliphatic rings. The third-order valence-electron chi connectivity index (χ3n) is 3.69. The topological polar surface area (TPSA) is 64.7 Å². The first kappa shape index (κ1) is 16.4. The summed E-state index contributed by atoms with van der Waals surface area (Å²) in [6.45, 7) is -0.235. The van der Waals surface area contributed by atoms with E-state index in [0.29, 0.717) is 39.1 Å². The molecule has 0 amide bonds. The minimum Gasteiger partial charge on any atom is -0.493 e. The molecule has 1 heterocycles. The molecule has 0 aliphatic heterocycles. The summed E-state index contributed by atoms with van der Waals surface area (Å²) in [4.78, 5) is 0. The largest absolute Gasteiger partial charge is 0.493 e. The van der Waals surface area contributed by atoms with Crippen LogP contribution in [0.2, 0.25) is 5.02 Å². The van der Waals surface area contributed by atoms with Gasteiger partial charge in [0.05, 0.1) is 32.0 Å². The molecule has 1 N–H and O–H groups in total. The number of ether oxygens (including phenoxy) is 2. The fourth-order valence-corrected chi connectivity index (χ4v) is 2.79. The van der Waals surface area contributed by atoms with Crippen LogP contribution in [0.15, 0.2) is 47.0 Å². The third kappa shape index (κ3) is 2.84. The van der Waals surface area contributed by atoms with E-state index in [2.05, 4.69) is 5.16 Å². The third-order valence-corrected chi connectivity index (χ3v) is 3.93. The van der Waals surface area contributed by atoms with Crippen LogP contribution in [0.25, 0.3) is 22.6 Å². The summed E-state index contributed by atoms with van der Waals surface area (Å²) in [5.41, 5.74) is 2.48. The van der Waals surface area contributed by atoms with E-state index in [1.807, 2.05) is 24.3 Å². The molecule has 0 fully saturated rings. The Kier molecular flexibility index (Phi) is 4.74. The van der Waals surface area contributed by atoms with Crippen molar-refractivity contribution in [3.8, 4) is 34.1 Å². The normalized spacial score (nSPS) is 10.7. The van der Waals surface area contributed by atoms with Crippen LogP contribution in [0.5, 0.6) is 11.5 Å². The van der Waals surface area contributed by atoms with Gasteiger partial charge < -0.3 is 19.1 Å². The number of aliphatic hydroxyl groups is 1. The van der Waals surface area contributed by atoms with Crippen LogP contribution in [-0.4, -0.2) is 24.5 Å². The number of nitrogens with zero attached hydrogens (tertiary/aromatic N) is 1. The van der Waals surface area contributed by atoms with Crippen molar-refractivity contribution in [1.29, 1.82) is 0 Å². The van der Waals surface area contributed by atoms with E-state index in [1.54, 1.807) is 32.4 Å². The number of methoxy groups -OCH3 is 2. The molecule has 0 bridgehead atoms. The Balaban J connectivity index is 2.18. The summed E-state index contributed by atoms with van der Waals surface area (Å²) in [6, 6.07) is 12.6. The lowest BCUT2D eigenvalue weighted by atomic mass is 10.0. The molecular weight excluding hydrogens is 330 g/mol. The van der Waals surface area contributed by atoms with Crippen molar-refractivity contribution in [3.63, 3.8) is 0 Å². The zero-order chi connectivity index (χ0) is 17.1. The average Bonchev–Trinajstić information content (AvgIpc) is 3.04. The standard InChI is InChI=1S/C18H16ClNO4/c1-22-15-8-4-7-13(18(15)23-2)16-14(10-21)17(24-20-16)11-5-3-6-12(19)9-11/h3-9,21H,10H2,1-2H3. The maximum absolute atomic E-state index is 9.87. The first-order valence-electron chi connectivity index (χ1n) is 7.26. The zero-order valence-corrected chi connectivity index (χ0v) is 14.0. The minimum atomic E-state index is -0.235. The van der Waals surface area contributed by atoms with Crippen LogP contribution in [0, 0.1) is 0 Å². The van der Waals surface area contributed by atoms with Gasteiger partial charge in [-0.25, -0.2) is 0 Å². The van der Waals surface area contributed by atoms with Crippen molar-refractivity contribution < 1.29 is 19.1 Å². The average molecular weight is 346 g/mol. The molecule has 0 spiro atoms. The van der Waals surface area contributed by atoms with E-state index in [4.69, 9.17) is 25.6 Å². The number of rotatable bonds is 5. The molecule has 0 unspecified atom stereocenters. The Morgan fingerprint density at radius 1 is 1.12 bits per heavy atom. The molecule has 0 aliphatic carbocycles. The number of aromatic nitrogens is 1. The number of hydrogen-bond acceptors (Lipinski definition) is 5. The number of aliphatic hydroxyl groups excluding tert-OH is 1. The SMILES string of the molecule is COc1cccc(-c2noc(-c3cccc(Cl)c3)c2CO)c1OC. The molecule has 0 radical (unpaired) electrons. The van der Waals surface area contributed by atoms with Gasteiger partial charge in [-0.15, -0.1) is 0 Å². The highest BCUT2D eigenvalue weighted by molar-refractivity contribution is 6.30. The van der Waals surface area contributed by atoms with Gasteiger partial charge in [-0.2, -0.15) is 0 Å². The van der Waals surface area contributed by atoms with Crippen molar-refractivity contribution in [2.45, 2.75) is 6.61 Å². The highest BCUT2D eigenvalue weighted by Gasteiger charge is 2.22. The van der Waals surface area contributed by atoms with Crippen molar-refractivity contribution in [1.82, 2.24) is 5.16 Å². The second kappa shape index (κ2) is 6.95. The fourth-order valence-electron chi connectivity index (χ4n) is 2.60. The van der Waals surface area contributed by atoms with Gasteiger partial charge in [0, 0.05) is 10.6 Å². The maximum Gasteiger partial charge on any atom is 0.173 e. The van der Waals surface area contributed by atoms with Gasteiger partial charge in [-0.05, 0) is 24.3 Å². The van der Waals surface area contributed by atoms with Gasteiger partial charge in [-0.1, -0.05) is 35.0 Å². The first-order valence-corrected chi connectivity index (χ1v) is 7.64. The molecule has 5 nitrogen and oxygen atoms in total. The van der Waals surface area contributed by atoms with Gasteiger partial charge in [0.1, 0.15) is 5.69 Å². The van der Waals surface area contributed by atoms with Crippen molar-refractivity contribution in [2.75, 3.05) is 14.2 Å². The minimum absolute atomic E-state index is 0.235. The zero-order valence-electron chi connectivity index (χ0n) is 13.2. The maximum atomic E-state index is 9.87. The van der Waals surface area contributed by atoms with Gasteiger partial charge in [0.15, 0.2) is 17.3 Å². The monoisotopic (exact) mass is 345 g/mol. The summed E-state index contributed by atoms with van der Waals surface area (Å²) < 4.78 is 16.3. The molecule has 3 rings (SSSR count). The van der Waals surface area contributed by atoms with E-state index in [-0.39, 0.29) is 6.61 Å². The molecule has 0 saturated carbocycles. The first-order chi connectivity index (χ1) is 11.7. The van der Waals surface area contributed by atoms with Crippen molar-refractivity contribution in [2.24, 2.45) is 0 Å². The van der Waals surface area contributed by atoms with Gasteiger partial charge in [0.25, 0.3) is 0 Å². The van der Waals surface area contributed by atoms with Crippen LogP contribution in [0.3, 0.4) is 0 Å². The number of halogens is 1. The smallest absolute Gasteiger partial charge is 0.173 e. The molecular formula is C18H16ClNO4. The van der Waals surface area contributed by atoms with E-state index < -0.39 is 0 Å². The highest BCUT2D eigenvalue weighted by atomic mass is 35.5. The Morgan fingerprint density at radius 2 is 1.92 bits per heavy atom. The van der Waals surface area contributed by atoms with Gasteiger partial charge in [0.2, 0.25) is 0 Å². The lowest BCUT2D eigenvalue weighted by Gasteiger charge is -2.11. The molecule has 6 heteroatoms. The molecule has 2 aromatic carbocycles.